The van der Waals surface area contributed by atoms with Crippen LogP contribution in [0, 0.1) is 5.92 Å². The van der Waals surface area contributed by atoms with Crippen LogP contribution >= 0.6 is 0 Å². The Labute approximate surface area is 164 Å². The van der Waals surface area contributed by atoms with E-state index in [9.17, 15) is 19.2 Å². The van der Waals surface area contributed by atoms with Crippen LogP contribution in [-0.4, -0.2) is 76.2 Å². The average Bonchev–Trinajstić information content (AvgIpc) is 2.69. The highest BCUT2D eigenvalue weighted by Gasteiger charge is 2.30. The highest BCUT2D eigenvalue weighted by Crippen LogP contribution is 2.27. The fraction of sp³-hybridized carbons (Fsp3) is 0.500. The predicted octanol–water partition coefficient (Wildman–Crippen LogP) is 0.747. The van der Waals surface area contributed by atoms with Gasteiger partial charge in [-0.2, -0.15) is 0 Å². The number of rotatable bonds is 10. The first kappa shape index (κ1) is 21.6. The van der Waals surface area contributed by atoms with E-state index in [1.54, 1.807) is 19.2 Å². The third-order valence-electron chi connectivity index (χ3n) is 5.01. The van der Waals surface area contributed by atoms with Crippen molar-refractivity contribution in [3.63, 3.8) is 0 Å². The molecule has 8 nitrogen and oxygen atoms in total. The van der Waals surface area contributed by atoms with Crippen LogP contribution in [0.15, 0.2) is 18.2 Å². The van der Waals surface area contributed by atoms with Gasteiger partial charge in [-0.3, -0.25) is 14.4 Å². The highest BCUT2D eigenvalue weighted by atomic mass is 16.5. The summed E-state index contributed by atoms with van der Waals surface area (Å²) in [5.74, 6) is -0.345. The smallest absolute Gasteiger partial charge is 0.255 e. The molecule has 0 spiro atoms. The van der Waals surface area contributed by atoms with Crippen LogP contribution in [0.5, 0.6) is 0 Å². The largest absolute Gasteiger partial charge is 0.384 e. The lowest BCUT2D eigenvalue weighted by atomic mass is 9.98. The second-order valence-electron chi connectivity index (χ2n) is 6.91. The third-order valence-corrected chi connectivity index (χ3v) is 5.01. The molecule has 1 unspecified atom stereocenters. The molecule has 1 atom stereocenters. The molecule has 0 radical (unpaired) electrons. The monoisotopic (exact) mass is 389 g/mol. The van der Waals surface area contributed by atoms with Crippen molar-refractivity contribution in [2.24, 2.45) is 5.92 Å². The van der Waals surface area contributed by atoms with Crippen LogP contribution in [0.1, 0.15) is 33.6 Å². The van der Waals surface area contributed by atoms with Gasteiger partial charge in [0.2, 0.25) is 5.91 Å². The number of amides is 2. The normalized spacial score (nSPS) is 14.8. The van der Waals surface area contributed by atoms with Gasteiger partial charge in [-0.25, -0.2) is 0 Å². The molecule has 1 heterocycles. The summed E-state index contributed by atoms with van der Waals surface area (Å²) in [5.41, 5.74) is 1.35. The van der Waals surface area contributed by atoms with Gasteiger partial charge >= 0.3 is 0 Å². The van der Waals surface area contributed by atoms with E-state index in [0.717, 1.165) is 18.8 Å². The lowest BCUT2D eigenvalue weighted by molar-refractivity contribution is -0.125. The Bertz CT molecular complexity index is 731. The summed E-state index contributed by atoms with van der Waals surface area (Å²) in [6, 6.07) is 4.33. The summed E-state index contributed by atoms with van der Waals surface area (Å²) in [6.07, 6.45) is 1.72. The fourth-order valence-corrected chi connectivity index (χ4v) is 3.38. The molecule has 8 heteroatoms. The number of nitrogens with zero attached hydrogens (tertiary/aromatic N) is 2. The van der Waals surface area contributed by atoms with Crippen molar-refractivity contribution in [3.05, 3.63) is 29.3 Å². The number of nitrogens with one attached hydrogen (secondary N) is 1. The van der Waals surface area contributed by atoms with Gasteiger partial charge in [-0.15, -0.1) is 0 Å². The number of anilines is 1. The van der Waals surface area contributed by atoms with E-state index in [1.807, 2.05) is 6.07 Å². The van der Waals surface area contributed by atoms with Crippen LogP contribution in [-0.2, 0) is 14.3 Å². The number of methoxy groups -OCH3 is 1. The summed E-state index contributed by atoms with van der Waals surface area (Å²) in [5, 5.41) is 2.52. The quantitative estimate of drug-likeness (QED) is 0.593. The van der Waals surface area contributed by atoms with Gasteiger partial charge in [0.15, 0.2) is 6.29 Å². The van der Waals surface area contributed by atoms with Crippen molar-refractivity contribution < 1.29 is 23.9 Å². The molecule has 0 aromatic heterocycles. The summed E-state index contributed by atoms with van der Waals surface area (Å²) >= 11 is 0. The first-order chi connectivity index (χ1) is 13.5. The van der Waals surface area contributed by atoms with Crippen molar-refractivity contribution in [2.45, 2.75) is 18.9 Å². The molecule has 1 aromatic carbocycles. The van der Waals surface area contributed by atoms with Crippen LogP contribution in [0.3, 0.4) is 0 Å². The summed E-state index contributed by atoms with van der Waals surface area (Å²) in [7, 11) is 4.65. The molecule has 1 aliphatic rings. The lowest BCUT2D eigenvalue weighted by Gasteiger charge is -2.41. The van der Waals surface area contributed by atoms with E-state index in [2.05, 4.69) is 10.2 Å². The minimum atomic E-state index is -0.791. The zero-order valence-electron chi connectivity index (χ0n) is 16.5. The number of carbonyl (C=O) groups is 4. The maximum Gasteiger partial charge on any atom is 0.255 e. The molecule has 152 valence electrons. The number of ether oxygens (including phenoxy) is 1. The molecule has 28 heavy (non-hydrogen) atoms. The van der Waals surface area contributed by atoms with Gasteiger partial charge in [0.1, 0.15) is 12.3 Å². The Morgan fingerprint density at radius 1 is 1.36 bits per heavy atom. The van der Waals surface area contributed by atoms with Gasteiger partial charge < -0.3 is 24.6 Å². The topological polar surface area (TPSA) is 96.0 Å². The molecule has 2 amide bonds. The SMILES string of the molecule is CNC(=O)C(CCC=O)N(C)C(=O)c1cc(N2CC(COC)C2)ccc1C=O. The van der Waals surface area contributed by atoms with E-state index in [0.29, 0.717) is 25.1 Å². The van der Waals surface area contributed by atoms with E-state index in [4.69, 9.17) is 4.74 Å². The fourth-order valence-electron chi connectivity index (χ4n) is 3.38. The molecule has 0 aliphatic carbocycles. The molecule has 1 aliphatic heterocycles. The number of hydrogen-bond acceptors (Lipinski definition) is 6. The van der Waals surface area contributed by atoms with Crippen molar-refractivity contribution in [2.75, 3.05) is 45.8 Å². The van der Waals surface area contributed by atoms with Gasteiger partial charge in [0.25, 0.3) is 5.91 Å². The number of hydrogen-bond donors (Lipinski definition) is 1. The van der Waals surface area contributed by atoms with E-state index in [-0.39, 0.29) is 29.9 Å². The molecular formula is C20H27N3O5. The van der Waals surface area contributed by atoms with E-state index < -0.39 is 11.9 Å². The maximum atomic E-state index is 13.1. The van der Waals surface area contributed by atoms with Gasteiger partial charge in [0, 0.05) is 57.9 Å². The third kappa shape index (κ3) is 4.75. The van der Waals surface area contributed by atoms with Gasteiger partial charge in [-0.05, 0) is 24.6 Å². The van der Waals surface area contributed by atoms with Crippen molar-refractivity contribution in [1.29, 1.82) is 0 Å². The van der Waals surface area contributed by atoms with Crippen molar-refractivity contribution in [3.8, 4) is 0 Å². The van der Waals surface area contributed by atoms with Crippen LogP contribution in [0.25, 0.3) is 0 Å². The van der Waals surface area contributed by atoms with Crippen LogP contribution < -0.4 is 10.2 Å². The Morgan fingerprint density at radius 2 is 2.07 bits per heavy atom. The zero-order chi connectivity index (χ0) is 20.7. The first-order valence-corrected chi connectivity index (χ1v) is 9.22. The Morgan fingerprint density at radius 3 is 2.64 bits per heavy atom. The summed E-state index contributed by atoms with van der Waals surface area (Å²) in [6.45, 7) is 2.32. The molecular weight excluding hydrogens is 362 g/mol. The average molecular weight is 389 g/mol. The molecule has 0 saturated carbocycles. The van der Waals surface area contributed by atoms with E-state index in [1.165, 1.54) is 19.0 Å². The highest BCUT2D eigenvalue weighted by molar-refractivity contribution is 6.04. The minimum absolute atomic E-state index is 0.158. The number of likely N-dealkylation sites (N-methyl/N-ethyl adjacent to an activating group) is 2. The second kappa shape index (κ2) is 9.98. The standard InChI is InChI=1S/C20H27N3O5/c1-21-19(26)18(5-4-8-24)22(2)20(27)17-9-16(7-6-15(17)12-25)23-10-14(11-23)13-28-3/h6-9,12,14,18H,4-5,10-11,13H2,1-3H3,(H,21,26). The second-order valence-corrected chi connectivity index (χ2v) is 6.91. The first-order valence-electron chi connectivity index (χ1n) is 9.22. The molecule has 1 fully saturated rings. The number of carbonyl (C=O) groups excluding carboxylic acids is 4. The lowest BCUT2D eigenvalue weighted by Crippen LogP contribution is -2.49. The molecule has 1 N–H and O–H groups in total. The Balaban J connectivity index is 2.24. The molecule has 1 saturated heterocycles. The van der Waals surface area contributed by atoms with Crippen molar-refractivity contribution in [1.82, 2.24) is 10.2 Å². The van der Waals surface area contributed by atoms with Gasteiger partial charge in [-0.1, -0.05) is 0 Å². The number of benzene rings is 1. The Kier molecular flexibility index (Phi) is 7.69. The number of aldehydes is 2. The molecule has 0 bridgehead atoms. The zero-order valence-corrected chi connectivity index (χ0v) is 16.5. The van der Waals surface area contributed by atoms with Crippen LogP contribution in [0.2, 0.25) is 0 Å². The summed E-state index contributed by atoms with van der Waals surface area (Å²) < 4.78 is 5.16. The van der Waals surface area contributed by atoms with E-state index >= 15 is 0 Å². The predicted molar refractivity (Wildman–Crippen MR) is 105 cm³/mol. The summed E-state index contributed by atoms with van der Waals surface area (Å²) in [4.78, 5) is 50.8. The maximum absolute atomic E-state index is 13.1. The molecule has 2 rings (SSSR count). The van der Waals surface area contributed by atoms with Crippen LogP contribution in [0.4, 0.5) is 5.69 Å². The van der Waals surface area contributed by atoms with Crippen molar-refractivity contribution >= 4 is 30.1 Å². The molecule has 1 aromatic rings. The Hall–Kier alpha value is -2.74. The van der Waals surface area contributed by atoms with Gasteiger partial charge in [0.05, 0.1) is 12.2 Å². The minimum Gasteiger partial charge on any atom is -0.384 e.